The van der Waals surface area contributed by atoms with E-state index in [2.05, 4.69) is 15.5 Å². The minimum atomic E-state index is -3.42. The third-order valence-electron chi connectivity index (χ3n) is 4.68. The number of rotatable bonds is 6. The molecule has 0 spiro atoms. The number of nitrogens with zero attached hydrogens (tertiary/aromatic N) is 2. The predicted octanol–water partition coefficient (Wildman–Crippen LogP) is 2.85. The van der Waals surface area contributed by atoms with E-state index in [9.17, 15) is 13.2 Å². The van der Waals surface area contributed by atoms with E-state index >= 15 is 0 Å². The van der Waals surface area contributed by atoms with Gasteiger partial charge < -0.3 is 5.32 Å². The predicted molar refractivity (Wildman–Crippen MR) is 108 cm³/mol. The first-order valence-electron chi connectivity index (χ1n) is 9.00. The molecule has 1 aromatic carbocycles. The second-order valence-electron chi connectivity index (χ2n) is 6.58. The normalized spacial score (nSPS) is 15.0. The lowest BCUT2D eigenvalue weighted by Gasteiger charge is -2.15. The monoisotopic (exact) mass is 416 g/mol. The van der Waals surface area contributed by atoms with Crippen LogP contribution in [0.1, 0.15) is 28.9 Å². The van der Waals surface area contributed by atoms with Crippen LogP contribution in [0.25, 0.3) is 10.6 Å². The van der Waals surface area contributed by atoms with Crippen molar-refractivity contribution in [1.29, 1.82) is 0 Å². The zero-order valence-corrected chi connectivity index (χ0v) is 16.7. The fourth-order valence-electron chi connectivity index (χ4n) is 3.13. The summed E-state index contributed by atoms with van der Waals surface area (Å²) in [6.45, 7) is 1.46. The number of aromatic amines is 1. The Morgan fingerprint density at radius 2 is 1.93 bits per heavy atom. The number of nitrogens with one attached hydrogen (secondary N) is 2. The quantitative estimate of drug-likeness (QED) is 0.646. The van der Waals surface area contributed by atoms with Gasteiger partial charge in [-0.1, -0.05) is 18.2 Å². The highest BCUT2D eigenvalue weighted by Gasteiger charge is 2.26. The zero-order chi connectivity index (χ0) is 19.6. The Balaban J connectivity index is 1.38. The van der Waals surface area contributed by atoms with Crippen molar-refractivity contribution >= 4 is 27.3 Å². The summed E-state index contributed by atoms with van der Waals surface area (Å²) in [4.78, 5) is 13.6. The maximum absolute atomic E-state index is 12.5. The Kier molecular flexibility index (Phi) is 5.29. The van der Waals surface area contributed by atoms with Crippen molar-refractivity contribution in [3.8, 4) is 10.6 Å². The maximum Gasteiger partial charge on any atom is 0.272 e. The van der Waals surface area contributed by atoms with E-state index in [1.54, 1.807) is 41.7 Å². The highest BCUT2D eigenvalue weighted by Crippen LogP contribution is 2.23. The van der Waals surface area contributed by atoms with Crippen molar-refractivity contribution < 1.29 is 13.2 Å². The molecule has 0 radical (unpaired) electrons. The average molecular weight is 417 g/mol. The average Bonchev–Trinajstić information content (AvgIpc) is 3.47. The fraction of sp³-hybridized carbons (Fsp3) is 0.263. The molecule has 3 heterocycles. The molecule has 0 saturated carbocycles. The first kappa shape index (κ1) is 18.9. The van der Waals surface area contributed by atoms with Crippen LogP contribution in [0.2, 0.25) is 0 Å². The smallest absolute Gasteiger partial charge is 0.272 e. The van der Waals surface area contributed by atoms with Crippen LogP contribution in [0.5, 0.6) is 0 Å². The van der Waals surface area contributed by atoms with Gasteiger partial charge in [-0.15, -0.1) is 11.3 Å². The van der Waals surface area contributed by atoms with Gasteiger partial charge in [0, 0.05) is 19.6 Å². The molecular weight excluding hydrogens is 396 g/mol. The molecule has 9 heteroatoms. The summed E-state index contributed by atoms with van der Waals surface area (Å²) in [5.74, 6) is -0.284. The molecule has 146 valence electrons. The second kappa shape index (κ2) is 7.86. The Hall–Kier alpha value is -2.49. The largest absolute Gasteiger partial charge is 0.347 e. The van der Waals surface area contributed by atoms with Crippen molar-refractivity contribution in [3.05, 3.63) is 59.1 Å². The number of benzene rings is 1. The molecule has 1 aliphatic rings. The summed E-state index contributed by atoms with van der Waals surface area (Å²) in [6.07, 6.45) is 1.81. The van der Waals surface area contributed by atoms with Gasteiger partial charge in [0.2, 0.25) is 10.0 Å². The van der Waals surface area contributed by atoms with Crippen LogP contribution in [0.15, 0.2) is 52.7 Å². The zero-order valence-electron chi connectivity index (χ0n) is 15.1. The van der Waals surface area contributed by atoms with Crippen LogP contribution >= 0.6 is 11.3 Å². The van der Waals surface area contributed by atoms with Crippen molar-refractivity contribution in [2.45, 2.75) is 24.3 Å². The molecule has 4 rings (SSSR count). The van der Waals surface area contributed by atoms with Crippen molar-refractivity contribution in [1.82, 2.24) is 19.8 Å². The van der Waals surface area contributed by atoms with E-state index in [0.717, 1.165) is 29.0 Å². The van der Waals surface area contributed by atoms with E-state index in [1.165, 1.54) is 4.31 Å². The summed E-state index contributed by atoms with van der Waals surface area (Å²) in [5.41, 5.74) is 1.94. The number of amides is 1. The third kappa shape index (κ3) is 3.87. The van der Waals surface area contributed by atoms with Crippen LogP contribution in [0.4, 0.5) is 0 Å². The minimum absolute atomic E-state index is 0.284. The van der Waals surface area contributed by atoms with E-state index < -0.39 is 10.0 Å². The third-order valence-corrected chi connectivity index (χ3v) is 7.49. The summed E-state index contributed by atoms with van der Waals surface area (Å²) >= 11 is 1.57. The molecule has 0 unspecified atom stereocenters. The van der Waals surface area contributed by atoms with Gasteiger partial charge in [0.1, 0.15) is 0 Å². The lowest BCUT2D eigenvalue weighted by atomic mass is 10.2. The lowest BCUT2D eigenvalue weighted by Crippen LogP contribution is -2.28. The highest BCUT2D eigenvalue weighted by molar-refractivity contribution is 7.89. The Bertz CT molecular complexity index is 1050. The molecule has 0 bridgehead atoms. The first-order valence-corrected chi connectivity index (χ1v) is 11.3. The van der Waals surface area contributed by atoms with Crippen molar-refractivity contribution in [2.24, 2.45) is 0 Å². The van der Waals surface area contributed by atoms with Gasteiger partial charge in [0.15, 0.2) is 5.69 Å². The van der Waals surface area contributed by atoms with Crippen molar-refractivity contribution in [3.63, 3.8) is 0 Å². The molecule has 1 fully saturated rings. The van der Waals surface area contributed by atoms with E-state index in [0.29, 0.717) is 25.3 Å². The fourth-order valence-corrected chi connectivity index (χ4v) is 5.34. The first-order chi connectivity index (χ1) is 13.5. The molecular formula is C19H20N4O3S2. The van der Waals surface area contributed by atoms with Crippen LogP contribution < -0.4 is 5.32 Å². The molecule has 2 aromatic heterocycles. The molecule has 2 N–H and O–H groups in total. The van der Waals surface area contributed by atoms with E-state index in [-0.39, 0.29) is 10.8 Å². The van der Waals surface area contributed by atoms with Gasteiger partial charge >= 0.3 is 0 Å². The van der Waals surface area contributed by atoms with E-state index in [1.807, 2.05) is 17.5 Å². The minimum Gasteiger partial charge on any atom is -0.347 e. The maximum atomic E-state index is 12.5. The molecule has 28 heavy (non-hydrogen) atoms. The molecule has 1 saturated heterocycles. The Morgan fingerprint density at radius 3 is 2.61 bits per heavy atom. The summed E-state index contributed by atoms with van der Waals surface area (Å²) in [5, 5.41) is 11.7. The van der Waals surface area contributed by atoms with Gasteiger partial charge in [-0.2, -0.15) is 9.40 Å². The Morgan fingerprint density at radius 1 is 1.18 bits per heavy atom. The van der Waals surface area contributed by atoms with Gasteiger partial charge in [0.25, 0.3) is 5.91 Å². The molecule has 0 aliphatic carbocycles. The number of carbonyl (C=O) groups is 1. The SMILES string of the molecule is O=C(NCc1ccc(S(=O)(=O)N2CCCC2)cc1)c1cc(-c2cccs2)[nH]n1. The second-order valence-corrected chi connectivity index (χ2v) is 9.47. The van der Waals surface area contributed by atoms with E-state index in [4.69, 9.17) is 0 Å². The Labute approximate surface area is 167 Å². The highest BCUT2D eigenvalue weighted by atomic mass is 32.2. The summed E-state index contributed by atoms with van der Waals surface area (Å²) in [7, 11) is -3.42. The van der Waals surface area contributed by atoms with Crippen LogP contribution in [0, 0.1) is 0 Å². The van der Waals surface area contributed by atoms with Crippen molar-refractivity contribution in [2.75, 3.05) is 13.1 Å². The number of thiophene rings is 1. The standard InChI is InChI=1S/C19H20N4O3S2/c24-19(17-12-16(21-22-17)18-4-3-11-27-18)20-13-14-5-7-15(8-6-14)28(25,26)23-9-1-2-10-23/h3-8,11-12H,1-2,9-10,13H2,(H,20,24)(H,21,22). The summed E-state index contributed by atoms with van der Waals surface area (Å²) < 4.78 is 26.6. The summed E-state index contributed by atoms with van der Waals surface area (Å²) in [6, 6.07) is 12.3. The number of sulfonamides is 1. The molecule has 3 aromatic rings. The van der Waals surface area contributed by atoms with Gasteiger partial charge in [-0.25, -0.2) is 8.42 Å². The van der Waals surface area contributed by atoms with Crippen LogP contribution in [0.3, 0.4) is 0 Å². The number of hydrogen-bond acceptors (Lipinski definition) is 5. The lowest BCUT2D eigenvalue weighted by molar-refractivity contribution is 0.0946. The molecule has 0 atom stereocenters. The van der Waals surface area contributed by atoms with Gasteiger partial charge in [-0.3, -0.25) is 9.89 Å². The van der Waals surface area contributed by atoms with Crippen LogP contribution in [-0.2, 0) is 16.6 Å². The number of aromatic nitrogens is 2. The topological polar surface area (TPSA) is 95.2 Å². The molecule has 7 nitrogen and oxygen atoms in total. The van der Waals surface area contributed by atoms with Crippen LogP contribution in [-0.4, -0.2) is 41.9 Å². The van der Waals surface area contributed by atoms with Gasteiger partial charge in [-0.05, 0) is 48.1 Å². The molecule has 1 aliphatic heterocycles. The number of H-pyrrole nitrogens is 1. The molecule has 1 amide bonds. The number of hydrogen-bond donors (Lipinski definition) is 2. The number of carbonyl (C=O) groups excluding carboxylic acids is 1. The van der Waals surface area contributed by atoms with Gasteiger partial charge in [0.05, 0.1) is 15.5 Å².